The molecule has 2 aliphatic heterocycles. The van der Waals surface area contributed by atoms with Crippen molar-refractivity contribution < 1.29 is 23.1 Å². The third-order valence-electron chi connectivity index (χ3n) is 8.75. The number of aromatic nitrogens is 1. The summed E-state index contributed by atoms with van der Waals surface area (Å²) in [5, 5.41) is 7.95. The zero-order valence-electron chi connectivity index (χ0n) is 26.7. The van der Waals surface area contributed by atoms with Crippen molar-refractivity contribution in [2.24, 2.45) is 10.9 Å². The summed E-state index contributed by atoms with van der Waals surface area (Å²) in [6.07, 6.45) is 1.75. The number of hydrogen-bond acceptors (Lipinski definition) is 8. The van der Waals surface area contributed by atoms with E-state index in [0.29, 0.717) is 41.7 Å². The Morgan fingerprint density at radius 1 is 1.06 bits per heavy atom. The molecule has 0 aliphatic carbocycles. The van der Waals surface area contributed by atoms with E-state index < -0.39 is 32.2 Å². The third-order valence-corrected chi connectivity index (χ3v) is 14.9. The molecule has 3 atom stereocenters. The number of ether oxygens (including phenoxy) is 2. The van der Waals surface area contributed by atoms with Gasteiger partial charge in [-0.1, -0.05) is 105 Å². The first kappa shape index (κ1) is 33.2. The molecule has 6 rings (SSSR count). The van der Waals surface area contributed by atoms with Crippen molar-refractivity contribution in [1.82, 2.24) is 10.3 Å². The second-order valence-electron chi connectivity index (χ2n) is 12.7. The van der Waals surface area contributed by atoms with Crippen LogP contribution in [0.1, 0.15) is 43.8 Å². The van der Waals surface area contributed by atoms with Crippen LogP contribution in [0.2, 0.25) is 10.1 Å². The van der Waals surface area contributed by atoms with E-state index in [1.165, 1.54) is 34.9 Å². The zero-order valence-corrected chi connectivity index (χ0v) is 29.3. The van der Waals surface area contributed by atoms with Gasteiger partial charge in [0.1, 0.15) is 11.9 Å². The number of thiazole rings is 1. The van der Waals surface area contributed by atoms with Gasteiger partial charge in [0.15, 0.2) is 10.8 Å². The van der Waals surface area contributed by atoms with Gasteiger partial charge in [-0.2, -0.15) is 0 Å². The molecule has 0 spiro atoms. The predicted octanol–water partition coefficient (Wildman–Crippen LogP) is 6.44. The summed E-state index contributed by atoms with van der Waals surface area (Å²) in [6, 6.07) is 24.6. The van der Waals surface area contributed by atoms with Gasteiger partial charge < -0.3 is 19.2 Å². The molecule has 47 heavy (non-hydrogen) atoms. The van der Waals surface area contributed by atoms with Gasteiger partial charge in [-0.25, -0.2) is 14.2 Å². The minimum Gasteiger partial charge on any atom is -0.466 e. The Bertz CT molecular complexity index is 1740. The molecule has 244 valence electrons. The molecule has 3 aromatic carbocycles. The smallest absolute Gasteiger partial charge is 0.338 e. The molecule has 1 fully saturated rings. The Kier molecular flexibility index (Phi) is 9.77. The highest BCUT2D eigenvalue weighted by Gasteiger charge is 2.51. The molecular weight excluding hydrogens is 653 g/mol. The molecule has 1 unspecified atom stereocenters. The molecule has 11 heteroatoms. The average Bonchev–Trinajstić information content (AvgIpc) is 3.79. The number of nitrogens with one attached hydrogen (secondary N) is 1. The molecule has 4 aromatic rings. The lowest BCUT2D eigenvalue weighted by atomic mass is 9.92. The number of nitrogens with zero attached hydrogens (tertiary/aromatic N) is 2. The van der Waals surface area contributed by atoms with Gasteiger partial charge in [-0.05, 0) is 27.9 Å². The van der Waals surface area contributed by atoms with Gasteiger partial charge in [0.25, 0.3) is 8.32 Å². The van der Waals surface area contributed by atoms with E-state index in [2.05, 4.69) is 79.6 Å². The largest absolute Gasteiger partial charge is 0.466 e. The number of hydrogen-bond donors (Lipinski definition) is 1. The second-order valence-corrected chi connectivity index (χ2v) is 18.3. The highest BCUT2D eigenvalue weighted by molar-refractivity contribution is 7.11. The SMILES string of the molecule is COC(=O)C1=C([C@H]2C[C@@H](CO[Si](c3ccccc3)(c3ccccc3)C(C)(C)C)CO2)NC(c2nccs2)=NC1c1cccc(F)c1Cl. The normalized spacial score (nSPS) is 20.1. The summed E-state index contributed by atoms with van der Waals surface area (Å²) in [5.41, 5.74) is 1.08. The summed E-state index contributed by atoms with van der Waals surface area (Å²) in [7, 11) is -1.45. The van der Waals surface area contributed by atoms with Crippen molar-refractivity contribution in [3.05, 3.63) is 123 Å². The van der Waals surface area contributed by atoms with E-state index in [0.717, 1.165) is 0 Å². The van der Waals surface area contributed by atoms with Crippen molar-refractivity contribution in [3.8, 4) is 0 Å². The van der Waals surface area contributed by atoms with E-state index in [9.17, 15) is 9.18 Å². The number of carbonyl (C=O) groups is 1. The monoisotopic (exact) mass is 689 g/mol. The lowest BCUT2D eigenvalue weighted by Crippen LogP contribution is -2.66. The number of halogens is 2. The molecule has 1 saturated heterocycles. The number of carbonyl (C=O) groups excluding carboxylic acids is 1. The molecule has 7 nitrogen and oxygen atoms in total. The maximum Gasteiger partial charge on any atom is 0.338 e. The first-order valence-corrected chi connectivity index (χ1v) is 18.7. The van der Waals surface area contributed by atoms with Crippen LogP contribution in [-0.2, 0) is 18.7 Å². The topological polar surface area (TPSA) is 82.0 Å². The minimum atomic E-state index is -2.76. The maximum absolute atomic E-state index is 14.7. The van der Waals surface area contributed by atoms with E-state index in [1.54, 1.807) is 18.3 Å². The van der Waals surface area contributed by atoms with Gasteiger partial charge in [0, 0.05) is 29.7 Å². The van der Waals surface area contributed by atoms with Crippen LogP contribution in [0.15, 0.2) is 107 Å². The van der Waals surface area contributed by atoms with Gasteiger partial charge in [-0.15, -0.1) is 11.3 Å². The van der Waals surface area contributed by atoms with Gasteiger partial charge in [0.05, 0.1) is 36.1 Å². The summed E-state index contributed by atoms with van der Waals surface area (Å²) in [4.78, 5) is 22.7. The summed E-state index contributed by atoms with van der Waals surface area (Å²) >= 11 is 7.87. The van der Waals surface area contributed by atoms with E-state index >= 15 is 0 Å². The van der Waals surface area contributed by atoms with Crippen molar-refractivity contribution in [1.29, 1.82) is 0 Å². The number of amidine groups is 1. The fourth-order valence-corrected chi connectivity index (χ4v) is 12.0. The highest BCUT2D eigenvalue weighted by atomic mass is 35.5. The molecule has 1 aromatic heterocycles. The summed E-state index contributed by atoms with van der Waals surface area (Å²) in [5.74, 6) is -0.718. The van der Waals surface area contributed by atoms with Crippen LogP contribution in [0, 0.1) is 11.7 Å². The van der Waals surface area contributed by atoms with Crippen LogP contribution in [0.25, 0.3) is 0 Å². The van der Waals surface area contributed by atoms with Crippen LogP contribution >= 0.6 is 22.9 Å². The Labute approximate surface area is 284 Å². The lowest BCUT2D eigenvalue weighted by Gasteiger charge is -2.43. The first-order chi connectivity index (χ1) is 22.6. The number of aliphatic imine (C=N–C) groups is 1. The first-order valence-electron chi connectivity index (χ1n) is 15.5. The van der Waals surface area contributed by atoms with Crippen molar-refractivity contribution >= 4 is 53.4 Å². The average molecular weight is 690 g/mol. The number of esters is 1. The summed E-state index contributed by atoms with van der Waals surface area (Å²) < 4.78 is 33.6. The highest BCUT2D eigenvalue weighted by Crippen LogP contribution is 2.41. The quantitative estimate of drug-likeness (QED) is 0.161. The molecule has 3 heterocycles. The van der Waals surface area contributed by atoms with Crippen LogP contribution < -0.4 is 15.7 Å². The lowest BCUT2D eigenvalue weighted by molar-refractivity contribution is -0.136. The minimum absolute atomic E-state index is 0.0354. The predicted molar refractivity (Wildman–Crippen MR) is 186 cm³/mol. The standard InChI is InChI=1S/C36H37ClFN3O4SSi/c1-36(2,3)47(24-12-7-5-8-13-24,25-14-9-6-10-15-25)45-22-23-20-28(44-21-23)32-29(35(42)43-4)31(26-16-11-17-27(38)30(26)37)40-33(41-32)34-39-18-19-46-34/h5-19,23,28,31H,20-22H2,1-4H3,(H,40,41)/t23-,28-,31?/m1/s1. The van der Waals surface area contributed by atoms with Crippen molar-refractivity contribution in [2.45, 2.75) is 44.4 Å². The Morgan fingerprint density at radius 3 is 2.34 bits per heavy atom. The van der Waals surface area contributed by atoms with Gasteiger partial charge in [-0.3, -0.25) is 4.99 Å². The molecule has 1 N–H and O–H groups in total. The van der Waals surface area contributed by atoms with Crippen molar-refractivity contribution in [2.75, 3.05) is 20.3 Å². The van der Waals surface area contributed by atoms with Crippen LogP contribution in [0.4, 0.5) is 4.39 Å². The fourth-order valence-electron chi connectivity index (χ4n) is 6.57. The zero-order chi connectivity index (χ0) is 33.2. The molecule has 0 bridgehead atoms. The molecule has 0 radical (unpaired) electrons. The van der Waals surface area contributed by atoms with Crippen LogP contribution in [0.3, 0.4) is 0 Å². The summed E-state index contributed by atoms with van der Waals surface area (Å²) in [6.45, 7) is 7.66. The van der Waals surface area contributed by atoms with Crippen molar-refractivity contribution in [3.63, 3.8) is 0 Å². The number of methoxy groups -OCH3 is 1. The molecule has 0 amide bonds. The Balaban J connectivity index is 1.35. The molecule has 0 saturated carbocycles. The van der Waals surface area contributed by atoms with Gasteiger partial charge >= 0.3 is 5.97 Å². The van der Waals surface area contributed by atoms with E-state index in [1.807, 2.05) is 17.5 Å². The Morgan fingerprint density at radius 2 is 1.74 bits per heavy atom. The van der Waals surface area contributed by atoms with E-state index in [4.69, 9.17) is 30.5 Å². The van der Waals surface area contributed by atoms with Gasteiger partial charge in [0.2, 0.25) is 0 Å². The van der Waals surface area contributed by atoms with Crippen LogP contribution in [-0.4, -0.2) is 51.5 Å². The number of rotatable bonds is 9. The third kappa shape index (κ3) is 6.45. The fraction of sp³-hybridized carbons (Fsp3) is 0.306. The number of benzene rings is 3. The molecule has 2 aliphatic rings. The van der Waals surface area contributed by atoms with Crippen LogP contribution in [0.5, 0.6) is 0 Å². The Hall–Kier alpha value is -3.67. The van der Waals surface area contributed by atoms with E-state index in [-0.39, 0.29) is 21.6 Å². The maximum atomic E-state index is 14.7. The second kappa shape index (κ2) is 13.8. The molecular formula is C36H37ClFN3O4SSi.